The van der Waals surface area contributed by atoms with Crippen molar-refractivity contribution in [3.05, 3.63) is 70.2 Å². The Labute approximate surface area is 161 Å². The van der Waals surface area contributed by atoms with Gasteiger partial charge >= 0.3 is 0 Å². The predicted octanol–water partition coefficient (Wildman–Crippen LogP) is 4.01. The molecule has 0 unspecified atom stereocenters. The number of carbonyl (C=O) groups is 1. The van der Waals surface area contributed by atoms with E-state index in [2.05, 4.69) is 22.2 Å². The minimum absolute atomic E-state index is 0.0716. The molecule has 0 aliphatic carbocycles. The Balaban J connectivity index is 1.49. The fourth-order valence-corrected chi connectivity index (χ4v) is 4.84. The van der Waals surface area contributed by atoms with E-state index in [4.69, 9.17) is 4.74 Å². The maximum Gasteiger partial charge on any atom is 0.238 e. The molecule has 6 heteroatoms. The number of nitrogens with one attached hydrogen (secondary N) is 1. The molecule has 0 radical (unpaired) electrons. The molecule has 2 aliphatic heterocycles. The van der Waals surface area contributed by atoms with Crippen molar-refractivity contribution in [1.29, 1.82) is 0 Å². The molecule has 3 aromatic rings. The van der Waals surface area contributed by atoms with E-state index in [0.717, 1.165) is 47.8 Å². The van der Waals surface area contributed by atoms with Gasteiger partial charge in [-0.25, -0.2) is 4.98 Å². The van der Waals surface area contributed by atoms with Crippen molar-refractivity contribution in [3.63, 3.8) is 0 Å². The van der Waals surface area contributed by atoms with Gasteiger partial charge in [0.05, 0.1) is 11.6 Å². The van der Waals surface area contributed by atoms with Crippen molar-refractivity contribution in [2.24, 2.45) is 0 Å². The number of hydrogen-bond donors (Lipinski definition) is 1. The van der Waals surface area contributed by atoms with Gasteiger partial charge in [0.25, 0.3) is 0 Å². The number of hydrogen-bond acceptors (Lipinski definition) is 5. The number of carbonyl (C=O) groups excluding carboxylic acids is 1. The summed E-state index contributed by atoms with van der Waals surface area (Å²) in [6, 6.07) is 15.4. The summed E-state index contributed by atoms with van der Waals surface area (Å²) in [4.78, 5) is 21.4. The van der Waals surface area contributed by atoms with Crippen LogP contribution in [0.5, 0.6) is 11.5 Å². The number of thiazole rings is 1. The smallest absolute Gasteiger partial charge is 0.238 e. The van der Waals surface area contributed by atoms with Crippen LogP contribution in [0.25, 0.3) is 0 Å². The number of benzene rings is 2. The van der Waals surface area contributed by atoms with Crippen LogP contribution in [0.3, 0.4) is 0 Å². The van der Waals surface area contributed by atoms with E-state index >= 15 is 0 Å². The lowest BCUT2D eigenvalue weighted by Gasteiger charge is -2.27. The van der Waals surface area contributed by atoms with Gasteiger partial charge in [-0.3, -0.25) is 4.79 Å². The Morgan fingerprint density at radius 1 is 1.15 bits per heavy atom. The summed E-state index contributed by atoms with van der Waals surface area (Å²) in [6.45, 7) is 1.90. The second-order valence-electron chi connectivity index (χ2n) is 6.98. The van der Waals surface area contributed by atoms with Crippen molar-refractivity contribution >= 4 is 22.4 Å². The molecule has 0 saturated heterocycles. The number of para-hydroxylation sites is 2. The molecule has 1 aromatic heterocycles. The lowest BCUT2D eigenvalue weighted by Crippen LogP contribution is -2.25. The molecule has 2 aromatic carbocycles. The normalized spacial score (nSPS) is 16.0. The van der Waals surface area contributed by atoms with Gasteiger partial charge in [0.2, 0.25) is 5.91 Å². The quantitative estimate of drug-likeness (QED) is 0.733. The van der Waals surface area contributed by atoms with E-state index < -0.39 is 5.92 Å². The van der Waals surface area contributed by atoms with Crippen LogP contribution < -0.4 is 10.1 Å². The highest BCUT2D eigenvalue weighted by molar-refractivity contribution is 7.15. The third kappa shape index (κ3) is 2.91. The summed E-state index contributed by atoms with van der Waals surface area (Å²) < 4.78 is 5.99. The van der Waals surface area contributed by atoms with Gasteiger partial charge < -0.3 is 15.0 Å². The first-order valence-corrected chi connectivity index (χ1v) is 9.84. The summed E-state index contributed by atoms with van der Waals surface area (Å²) in [5.74, 6) is 0.986. The maximum absolute atomic E-state index is 13.3. The minimum Gasteiger partial charge on any atom is -0.457 e. The van der Waals surface area contributed by atoms with Gasteiger partial charge in [0.15, 0.2) is 5.13 Å². The van der Waals surface area contributed by atoms with Crippen LogP contribution in [0.4, 0.5) is 5.13 Å². The van der Waals surface area contributed by atoms with Crippen molar-refractivity contribution in [1.82, 2.24) is 9.88 Å². The van der Waals surface area contributed by atoms with Gasteiger partial charge in [-0.1, -0.05) is 36.4 Å². The van der Waals surface area contributed by atoms with Crippen LogP contribution in [-0.2, 0) is 17.8 Å². The highest BCUT2D eigenvalue weighted by Gasteiger charge is 2.33. The minimum atomic E-state index is -0.408. The molecule has 0 spiro atoms. The maximum atomic E-state index is 13.3. The number of aromatic nitrogens is 1. The largest absolute Gasteiger partial charge is 0.457 e. The first-order chi connectivity index (χ1) is 13.2. The Hall–Kier alpha value is -2.70. The van der Waals surface area contributed by atoms with E-state index in [0.29, 0.717) is 5.13 Å². The fraction of sp³-hybridized carbons (Fsp3) is 0.238. The monoisotopic (exact) mass is 377 g/mol. The van der Waals surface area contributed by atoms with E-state index in [1.165, 1.54) is 4.88 Å². The lowest BCUT2D eigenvalue weighted by atomic mass is 9.87. The molecule has 5 rings (SSSR count). The zero-order valence-corrected chi connectivity index (χ0v) is 15.8. The molecular weight excluding hydrogens is 358 g/mol. The van der Waals surface area contributed by atoms with Gasteiger partial charge in [-0.15, -0.1) is 11.3 Å². The van der Waals surface area contributed by atoms with E-state index in [-0.39, 0.29) is 5.91 Å². The van der Waals surface area contributed by atoms with E-state index in [1.807, 2.05) is 48.5 Å². The number of ether oxygens (including phenoxy) is 1. The van der Waals surface area contributed by atoms with Crippen LogP contribution in [0, 0.1) is 0 Å². The first kappa shape index (κ1) is 16.5. The highest BCUT2D eigenvalue weighted by atomic mass is 32.1. The Bertz CT molecular complexity index is 984. The zero-order chi connectivity index (χ0) is 18.4. The third-order valence-electron chi connectivity index (χ3n) is 5.09. The molecule has 0 atom stereocenters. The van der Waals surface area contributed by atoms with Crippen LogP contribution >= 0.6 is 11.3 Å². The molecule has 0 fully saturated rings. The number of amides is 1. The number of likely N-dealkylation sites (N-methyl/N-ethyl adjacent to an activating group) is 1. The van der Waals surface area contributed by atoms with Crippen molar-refractivity contribution in [2.75, 3.05) is 18.9 Å². The van der Waals surface area contributed by atoms with Crippen LogP contribution in [0.15, 0.2) is 48.5 Å². The molecule has 2 aliphatic rings. The van der Waals surface area contributed by atoms with Crippen molar-refractivity contribution in [3.8, 4) is 11.5 Å². The topological polar surface area (TPSA) is 54.5 Å². The molecule has 5 nitrogen and oxygen atoms in total. The molecule has 3 heterocycles. The Kier molecular flexibility index (Phi) is 3.95. The second kappa shape index (κ2) is 6.48. The molecule has 0 bridgehead atoms. The third-order valence-corrected chi connectivity index (χ3v) is 6.09. The number of anilines is 1. The van der Waals surface area contributed by atoms with Crippen LogP contribution in [0.1, 0.15) is 27.6 Å². The second-order valence-corrected chi connectivity index (χ2v) is 8.06. The lowest BCUT2D eigenvalue weighted by molar-refractivity contribution is -0.116. The molecule has 27 heavy (non-hydrogen) atoms. The standard InChI is InChI=1S/C21H19N3O2S/c1-24-11-10-15-18(12-24)27-21(22-15)23-20(25)19-13-6-2-4-8-16(13)26-17-9-5-3-7-14(17)19/h2-9,19H,10-12H2,1H3,(H,22,23,25). The summed E-state index contributed by atoms with van der Waals surface area (Å²) in [6.07, 6.45) is 0.932. The summed E-state index contributed by atoms with van der Waals surface area (Å²) >= 11 is 1.58. The molecule has 136 valence electrons. The average Bonchev–Trinajstić information content (AvgIpc) is 3.07. The average molecular weight is 377 g/mol. The summed E-state index contributed by atoms with van der Waals surface area (Å²) in [7, 11) is 2.11. The van der Waals surface area contributed by atoms with Crippen molar-refractivity contribution < 1.29 is 9.53 Å². The van der Waals surface area contributed by atoms with E-state index in [1.54, 1.807) is 11.3 Å². The Morgan fingerprint density at radius 2 is 1.81 bits per heavy atom. The van der Waals surface area contributed by atoms with Crippen LogP contribution in [-0.4, -0.2) is 29.4 Å². The van der Waals surface area contributed by atoms with Gasteiger partial charge in [-0.05, 0) is 19.2 Å². The number of fused-ring (bicyclic) bond motifs is 3. The number of nitrogens with zero attached hydrogens (tertiary/aromatic N) is 2. The van der Waals surface area contributed by atoms with E-state index in [9.17, 15) is 4.79 Å². The van der Waals surface area contributed by atoms with Gasteiger partial charge in [-0.2, -0.15) is 0 Å². The SMILES string of the molecule is CN1CCc2nc(NC(=O)C3c4ccccc4Oc4ccccc43)sc2C1. The molecule has 1 amide bonds. The first-order valence-electron chi connectivity index (χ1n) is 9.03. The Morgan fingerprint density at radius 3 is 2.52 bits per heavy atom. The molecule has 0 saturated carbocycles. The summed E-state index contributed by atoms with van der Waals surface area (Å²) in [5.41, 5.74) is 2.88. The number of rotatable bonds is 2. The van der Waals surface area contributed by atoms with Crippen molar-refractivity contribution in [2.45, 2.75) is 18.9 Å². The highest BCUT2D eigenvalue weighted by Crippen LogP contribution is 2.44. The fourth-order valence-electron chi connectivity index (χ4n) is 3.75. The summed E-state index contributed by atoms with van der Waals surface area (Å²) in [5, 5.41) is 3.74. The molecule has 1 N–H and O–H groups in total. The molecular formula is C21H19N3O2S. The zero-order valence-electron chi connectivity index (χ0n) is 14.9. The predicted molar refractivity (Wildman–Crippen MR) is 106 cm³/mol. The van der Waals surface area contributed by atoms with Gasteiger partial charge in [0, 0.05) is 35.5 Å². The van der Waals surface area contributed by atoms with Crippen LogP contribution in [0.2, 0.25) is 0 Å². The van der Waals surface area contributed by atoms with Gasteiger partial charge in [0.1, 0.15) is 11.5 Å².